The van der Waals surface area contributed by atoms with Crippen LogP contribution in [0.1, 0.15) is 12.5 Å². The zero-order valence-corrected chi connectivity index (χ0v) is 10.4. The molecule has 0 heterocycles. The van der Waals surface area contributed by atoms with Crippen molar-refractivity contribution in [3.05, 3.63) is 56.7 Å². The zero-order valence-electron chi connectivity index (χ0n) is 10.4. The molecule has 10 nitrogen and oxygen atoms in total. The van der Waals surface area contributed by atoms with Gasteiger partial charge in [-0.25, -0.2) is 0 Å². The number of ether oxygens (including phenoxy) is 1. The van der Waals surface area contributed by atoms with Gasteiger partial charge in [0.05, 0.1) is 6.61 Å². The Kier molecular flexibility index (Phi) is 4.78. The van der Waals surface area contributed by atoms with Gasteiger partial charge in [-0.2, -0.15) is 0 Å². The quantitative estimate of drug-likeness (QED) is 0.217. The molecule has 20 heavy (non-hydrogen) atoms. The highest BCUT2D eigenvalue weighted by atomic mass is 16.6. The molecule has 0 fully saturated rings. The Labute approximate surface area is 113 Å². The lowest BCUT2D eigenvalue weighted by Gasteiger charge is -2.25. The van der Waals surface area contributed by atoms with Crippen molar-refractivity contribution in [3.63, 3.8) is 0 Å². The zero-order chi connectivity index (χ0) is 15.2. The standard InChI is InChI=1S/C10H13N5O5/c1-2-20-9(11)10(14(18)12-16,15(19)13-17)8-6-4-3-5-7-8/h3-7,11,16-17H,2H2,1H3/p-2/b11-9?,14-12-,15-13-. The topological polar surface area (TPSA) is 156 Å². The highest BCUT2D eigenvalue weighted by Crippen LogP contribution is 2.29. The molecule has 0 saturated carbocycles. The van der Waals surface area contributed by atoms with Gasteiger partial charge in [0.25, 0.3) is 0 Å². The molecule has 108 valence electrons. The van der Waals surface area contributed by atoms with Gasteiger partial charge in [-0.05, 0) is 39.3 Å². The summed E-state index contributed by atoms with van der Waals surface area (Å²) in [6, 6.07) is 6.99. The van der Waals surface area contributed by atoms with Crippen LogP contribution < -0.4 is 0 Å². The fourth-order valence-electron chi connectivity index (χ4n) is 1.63. The number of hydrogen-bond acceptors (Lipinski definition) is 8. The first-order valence-electron chi connectivity index (χ1n) is 5.44. The van der Waals surface area contributed by atoms with Crippen LogP contribution in [-0.2, 0) is 10.4 Å². The van der Waals surface area contributed by atoms with Crippen LogP contribution in [-0.4, -0.2) is 22.2 Å². The van der Waals surface area contributed by atoms with E-state index in [0.29, 0.717) is 0 Å². The maximum atomic E-state index is 11.7. The van der Waals surface area contributed by atoms with Crippen molar-refractivity contribution >= 4 is 5.90 Å². The van der Waals surface area contributed by atoms with Crippen molar-refractivity contribution < 1.29 is 14.5 Å². The number of hydrogen-bond donors (Lipinski definition) is 1. The molecule has 0 aliphatic carbocycles. The molecule has 0 aliphatic heterocycles. The second-order valence-electron chi connectivity index (χ2n) is 3.51. The van der Waals surface area contributed by atoms with Gasteiger partial charge in [-0.3, -0.25) is 5.41 Å². The Morgan fingerprint density at radius 1 is 1.20 bits per heavy atom. The van der Waals surface area contributed by atoms with Gasteiger partial charge in [0.1, 0.15) is 5.56 Å². The van der Waals surface area contributed by atoms with Crippen LogP contribution in [0.15, 0.2) is 40.9 Å². The Hall–Kier alpha value is -2.91. The summed E-state index contributed by atoms with van der Waals surface area (Å²) in [5.74, 6) is -0.935. The van der Waals surface area contributed by atoms with Crippen LogP contribution in [0.2, 0.25) is 0 Å². The summed E-state index contributed by atoms with van der Waals surface area (Å²) < 4.78 is 4.81. The lowest BCUT2D eigenvalue weighted by atomic mass is 10.0. The summed E-state index contributed by atoms with van der Waals surface area (Å²) in [7, 11) is 0. The van der Waals surface area contributed by atoms with Crippen molar-refractivity contribution in [2.45, 2.75) is 12.6 Å². The van der Waals surface area contributed by atoms with Gasteiger partial charge in [0.2, 0.25) is 0 Å². The van der Waals surface area contributed by atoms with Crippen LogP contribution >= 0.6 is 0 Å². The van der Waals surface area contributed by atoms with Crippen LogP contribution in [0.4, 0.5) is 0 Å². The van der Waals surface area contributed by atoms with Crippen LogP contribution in [0.5, 0.6) is 0 Å². The van der Waals surface area contributed by atoms with E-state index in [-0.39, 0.29) is 12.2 Å². The molecule has 10 heteroatoms. The second kappa shape index (κ2) is 6.31. The van der Waals surface area contributed by atoms with E-state index in [2.05, 4.69) is 10.6 Å². The first-order valence-corrected chi connectivity index (χ1v) is 5.44. The Balaban J connectivity index is 3.64. The summed E-state index contributed by atoms with van der Waals surface area (Å²) in [5.41, 5.74) is -2.87. The van der Waals surface area contributed by atoms with Crippen molar-refractivity contribution in [2.24, 2.45) is 10.6 Å². The number of benzene rings is 1. The summed E-state index contributed by atoms with van der Waals surface area (Å²) in [4.78, 5) is -1.26. The highest BCUT2D eigenvalue weighted by molar-refractivity contribution is 5.81. The fourth-order valence-corrected chi connectivity index (χ4v) is 1.63. The molecule has 0 saturated heterocycles. The minimum Gasteiger partial charge on any atom is -0.739 e. The van der Waals surface area contributed by atoms with Crippen LogP contribution in [0.3, 0.4) is 0 Å². The van der Waals surface area contributed by atoms with E-state index in [4.69, 9.17) is 10.1 Å². The van der Waals surface area contributed by atoms with Gasteiger partial charge in [0, 0.05) is 0 Å². The van der Waals surface area contributed by atoms with Gasteiger partial charge in [-0.1, -0.05) is 18.2 Å². The average molecular weight is 281 g/mol. The van der Waals surface area contributed by atoms with Crippen molar-refractivity contribution in [3.8, 4) is 0 Å². The van der Waals surface area contributed by atoms with Gasteiger partial charge in [-0.15, -0.1) is 0 Å². The third-order valence-electron chi connectivity index (χ3n) is 2.48. The normalized spacial score (nSPS) is 13.1. The average Bonchev–Trinajstić information content (AvgIpc) is 2.48. The van der Waals surface area contributed by atoms with E-state index in [1.165, 1.54) is 31.2 Å². The maximum Gasteiger partial charge on any atom is 0.519 e. The van der Waals surface area contributed by atoms with E-state index >= 15 is 0 Å². The summed E-state index contributed by atoms with van der Waals surface area (Å²) in [6.45, 7) is 1.43. The molecular weight excluding hydrogens is 270 g/mol. The Morgan fingerprint density at radius 2 is 1.70 bits per heavy atom. The van der Waals surface area contributed by atoms with E-state index < -0.39 is 21.3 Å². The van der Waals surface area contributed by atoms with E-state index in [9.17, 15) is 20.8 Å². The van der Waals surface area contributed by atoms with Crippen molar-refractivity contribution in [2.75, 3.05) is 6.61 Å². The monoisotopic (exact) mass is 281 g/mol. The Morgan fingerprint density at radius 3 is 2.10 bits per heavy atom. The molecule has 0 unspecified atom stereocenters. The lowest BCUT2D eigenvalue weighted by Crippen LogP contribution is -2.51. The molecule has 1 rings (SSSR count). The molecule has 1 aromatic carbocycles. The third-order valence-corrected chi connectivity index (χ3v) is 2.48. The van der Waals surface area contributed by atoms with Gasteiger partial charge < -0.3 is 25.6 Å². The third kappa shape index (κ3) is 2.30. The Bertz CT molecular complexity index is 512. The first kappa shape index (κ1) is 15.1. The van der Waals surface area contributed by atoms with Gasteiger partial charge in [0.15, 0.2) is 0 Å². The summed E-state index contributed by atoms with van der Waals surface area (Å²) in [6.07, 6.45) is 0. The predicted octanol–water partition coefficient (Wildman–Crippen LogP) is 1.77. The molecule has 1 aromatic rings. The van der Waals surface area contributed by atoms with E-state index in [1.54, 1.807) is 6.07 Å². The van der Waals surface area contributed by atoms with E-state index in [0.717, 1.165) is 0 Å². The molecule has 0 amide bonds. The maximum absolute atomic E-state index is 11.7. The number of nitrogens with one attached hydrogen (secondary N) is 1. The van der Waals surface area contributed by atoms with Crippen LogP contribution in [0, 0.1) is 26.2 Å². The number of hydroxylamine groups is 2. The highest BCUT2D eigenvalue weighted by Gasteiger charge is 2.60. The molecule has 0 spiro atoms. The smallest absolute Gasteiger partial charge is 0.519 e. The first-order chi connectivity index (χ1) is 9.55. The van der Waals surface area contributed by atoms with Gasteiger partial charge >= 0.3 is 11.6 Å². The summed E-state index contributed by atoms with van der Waals surface area (Å²) in [5, 5.41) is 56.4. The SMILES string of the molecule is CCOC(=N)C(c1ccccc1)(/[N+]([O-])=N/[O-])/[N+]([O-])=N/[O-]. The van der Waals surface area contributed by atoms with Crippen LogP contribution in [0.25, 0.3) is 0 Å². The van der Waals surface area contributed by atoms with Crippen molar-refractivity contribution in [1.29, 1.82) is 5.41 Å². The minimum absolute atomic E-state index is 0.0627. The largest absolute Gasteiger partial charge is 0.739 e. The molecular formula is C10H11N5O5-2. The van der Waals surface area contributed by atoms with Crippen molar-refractivity contribution in [1.82, 2.24) is 0 Å². The fraction of sp³-hybridized carbons (Fsp3) is 0.300. The molecule has 0 radical (unpaired) electrons. The second-order valence-corrected chi connectivity index (χ2v) is 3.51. The summed E-state index contributed by atoms with van der Waals surface area (Å²) >= 11 is 0. The molecule has 0 bridgehead atoms. The minimum atomic E-state index is -2.72. The molecule has 0 atom stereocenters. The molecule has 0 aliphatic rings. The van der Waals surface area contributed by atoms with E-state index in [1.807, 2.05) is 0 Å². The molecule has 1 N–H and O–H groups in total. The molecule has 0 aromatic heterocycles. The number of nitrogens with zero attached hydrogens (tertiary/aromatic N) is 4. The number of rotatable bonds is 5. The predicted molar refractivity (Wildman–Crippen MR) is 66.3 cm³/mol. The lowest BCUT2D eigenvalue weighted by molar-refractivity contribution is -0.822.